The van der Waals surface area contributed by atoms with Crippen LogP contribution in [0.3, 0.4) is 0 Å². The molecule has 1 aromatic heterocycles. The third-order valence-electron chi connectivity index (χ3n) is 2.16. The lowest BCUT2D eigenvalue weighted by atomic mass is 10.5. The first-order valence-corrected chi connectivity index (χ1v) is 8.03. The topological polar surface area (TPSA) is 66.5 Å². The summed E-state index contributed by atoms with van der Waals surface area (Å²) >= 11 is 4.46. The minimum Gasteiger partial charge on any atom is -0.305 e. The van der Waals surface area contributed by atoms with Crippen molar-refractivity contribution in [2.75, 3.05) is 17.2 Å². The van der Waals surface area contributed by atoms with E-state index in [-0.39, 0.29) is 11.4 Å². The van der Waals surface area contributed by atoms with Crippen molar-refractivity contribution in [3.8, 4) is 0 Å². The van der Waals surface area contributed by atoms with Crippen molar-refractivity contribution in [1.29, 1.82) is 0 Å². The number of urea groups is 1. The summed E-state index contributed by atoms with van der Waals surface area (Å²) in [5.74, 6) is 0. The van der Waals surface area contributed by atoms with Crippen molar-refractivity contribution in [1.82, 2.24) is 4.31 Å². The maximum atomic E-state index is 12.0. The molecule has 88 valence electrons. The van der Waals surface area contributed by atoms with Crippen LogP contribution in [0.2, 0.25) is 0 Å². The van der Waals surface area contributed by atoms with Crippen LogP contribution >= 0.6 is 27.3 Å². The quantitative estimate of drug-likeness (QED) is 0.865. The molecule has 2 rings (SSSR count). The van der Waals surface area contributed by atoms with Crippen LogP contribution in [0, 0.1) is 0 Å². The zero-order valence-corrected chi connectivity index (χ0v) is 11.4. The highest BCUT2D eigenvalue weighted by Gasteiger charge is 2.36. The van der Waals surface area contributed by atoms with Gasteiger partial charge in [-0.05, 0) is 6.42 Å². The second kappa shape index (κ2) is 4.34. The number of sulfonamides is 1. The summed E-state index contributed by atoms with van der Waals surface area (Å²) in [5, 5.41) is 6.36. The van der Waals surface area contributed by atoms with E-state index in [0.717, 1.165) is 4.31 Å². The molecular weight excluding hydrogens is 316 g/mol. The van der Waals surface area contributed by atoms with E-state index >= 15 is 0 Å². The molecule has 1 aromatic rings. The fraction of sp³-hybridized carbons (Fsp3) is 0.375. The minimum absolute atomic E-state index is 0.187. The number of anilines is 1. The summed E-state index contributed by atoms with van der Waals surface area (Å²) in [7, 11) is -3.65. The summed E-state index contributed by atoms with van der Waals surface area (Å²) in [6.07, 6.45) is 0.589. The van der Waals surface area contributed by atoms with Gasteiger partial charge in [-0.25, -0.2) is 17.5 Å². The number of alkyl halides is 1. The lowest BCUT2D eigenvalue weighted by Crippen LogP contribution is -2.44. The molecule has 0 spiro atoms. The van der Waals surface area contributed by atoms with Gasteiger partial charge >= 0.3 is 6.03 Å². The first kappa shape index (κ1) is 11.9. The Balaban J connectivity index is 2.39. The smallest absolute Gasteiger partial charge is 0.305 e. The van der Waals surface area contributed by atoms with Crippen molar-refractivity contribution in [3.05, 3.63) is 10.8 Å². The third kappa shape index (κ3) is 1.85. The van der Waals surface area contributed by atoms with E-state index in [2.05, 4.69) is 21.2 Å². The lowest BCUT2D eigenvalue weighted by Gasteiger charge is -2.26. The average molecular weight is 325 g/mol. The Morgan fingerprint density at radius 2 is 2.19 bits per heavy atom. The van der Waals surface area contributed by atoms with Crippen LogP contribution in [-0.4, -0.2) is 30.6 Å². The van der Waals surface area contributed by atoms with Gasteiger partial charge in [0, 0.05) is 22.6 Å². The van der Waals surface area contributed by atoms with Gasteiger partial charge in [0.2, 0.25) is 0 Å². The van der Waals surface area contributed by atoms with Crippen LogP contribution in [0.15, 0.2) is 15.7 Å². The number of carbonyl (C=O) groups excluding carboxylic acids is 1. The average Bonchev–Trinajstić information content (AvgIpc) is 2.66. The highest BCUT2D eigenvalue weighted by atomic mass is 79.9. The van der Waals surface area contributed by atoms with Crippen molar-refractivity contribution in [2.45, 2.75) is 11.3 Å². The number of nitrogens with one attached hydrogen (secondary N) is 1. The maximum absolute atomic E-state index is 12.0. The van der Waals surface area contributed by atoms with Gasteiger partial charge in [-0.15, -0.1) is 11.3 Å². The SMILES string of the molecule is O=C1Nc2cscc2S(=O)(=O)N1CCCBr. The van der Waals surface area contributed by atoms with Crippen molar-refractivity contribution in [2.24, 2.45) is 0 Å². The molecule has 0 saturated carbocycles. The molecule has 0 atom stereocenters. The predicted molar refractivity (Wildman–Crippen MR) is 65.6 cm³/mol. The molecular formula is C8H9BrN2O3S2. The van der Waals surface area contributed by atoms with E-state index in [1.165, 1.54) is 16.7 Å². The number of hydrogen-bond donors (Lipinski definition) is 1. The van der Waals surface area contributed by atoms with Crippen LogP contribution < -0.4 is 5.32 Å². The molecule has 2 amide bonds. The molecule has 0 radical (unpaired) electrons. The first-order valence-electron chi connectivity index (χ1n) is 4.53. The number of hydrogen-bond acceptors (Lipinski definition) is 4. The number of thiophene rings is 1. The molecule has 1 N–H and O–H groups in total. The first-order chi connectivity index (χ1) is 7.57. The fourth-order valence-corrected chi connectivity index (χ4v) is 4.28. The molecule has 8 heteroatoms. The predicted octanol–water partition coefficient (Wildman–Crippen LogP) is 2.07. The van der Waals surface area contributed by atoms with Gasteiger partial charge in [-0.1, -0.05) is 15.9 Å². The van der Waals surface area contributed by atoms with E-state index in [1.54, 1.807) is 5.38 Å². The number of carbonyl (C=O) groups is 1. The van der Waals surface area contributed by atoms with Gasteiger partial charge < -0.3 is 5.32 Å². The second-order valence-electron chi connectivity index (χ2n) is 3.20. The normalized spacial score (nSPS) is 18.1. The van der Waals surface area contributed by atoms with Crippen LogP contribution in [0.5, 0.6) is 0 Å². The Hall–Kier alpha value is -0.600. The van der Waals surface area contributed by atoms with E-state index in [9.17, 15) is 13.2 Å². The van der Waals surface area contributed by atoms with Gasteiger partial charge in [0.15, 0.2) is 0 Å². The number of rotatable bonds is 3. The summed E-state index contributed by atoms with van der Waals surface area (Å²) in [6.45, 7) is 0.189. The molecule has 0 fully saturated rings. The van der Waals surface area contributed by atoms with Crippen LogP contribution in [0.25, 0.3) is 0 Å². The van der Waals surface area contributed by atoms with Crippen LogP contribution in [0.4, 0.5) is 10.5 Å². The van der Waals surface area contributed by atoms with Crippen LogP contribution in [-0.2, 0) is 10.0 Å². The molecule has 0 bridgehead atoms. The van der Waals surface area contributed by atoms with Gasteiger partial charge in [0.1, 0.15) is 4.90 Å². The molecule has 0 saturated heterocycles. The highest BCUT2D eigenvalue weighted by molar-refractivity contribution is 9.09. The molecule has 1 aliphatic heterocycles. The number of halogens is 1. The summed E-state index contributed by atoms with van der Waals surface area (Å²) in [4.78, 5) is 11.8. The second-order valence-corrected chi connectivity index (χ2v) is 6.57. The Morgan fingerprint density at radius 3 is 2.88 bits per heavy atom. The molecule has 0 aliphatic carbocycles. The van der Waals surface area contributed by atoms with Gasteiger partial charge in [-0.2, -0.15) is 0 Å². The number of nitrogens with zero attached hydrogens (tertiary/aromatic N) is 1. The largest absolute Gasteiger partial charge is 0.335 e. The Kier molecular flexibility index (Phi) is 3.22. The monoisotopic (exact) mass is 324 g/mol. The Bertz CT molecular complexity index is 511. The molecule has 0 aromatic carbocycles. The van der Waals surface area contributed by atoms with E-state index in [0.29, 0.717) is 17.4 Å². The standard InChI is InChI=1S/C8H9BrN2O3S2/c9-2-1-3-11-8(12)10-6-4-15-5-7(6)16(11,13)14/h4-5H,1-3H2,(H,10,12). The summed E-state index contributed by atoms with van der Waals surface area (Å²) in [5.41, 5.74) is 0.380. The Morgan fingerprint density at radius 1 is 1.44 bits per heavy atom. The minimum atomic E-state index is -3.65. The zero-order valence-electron chi connectivity index (χ0n) is 8.14. The van der Waals surface area contributed by atoms with Crippen molar-refractivity contribution >= 4 is 49.0 Å². The fourth-order valence-electron chi connectivity index (χ4n) is 1.41. The lowest BCUT2D eigenvalue weighted by molar-refractivity contribution is 0.235. The molecule has 5 nitrogen and oxygen atoms in total. The van der Waals surface area contributed by atoms with Gasteiger partial charge in [0.05, 0.1) is 5.69 Å². The third-order valence-corrected chi connectivity index (χ3v) is 5.43. The Labute approximate surface area is 106 Å². The molecule has 16 heavy (non-hydrogen) atoms. The molecule has 1 aliphatic rings. The van der Waals surface area contributed by atoms with Crippen molar-refractivity contribution in [3.63, 3.8) is 0 Å². The van der Waals surface area contributed by atoms with Crippen LogP contribution in [0.1, 0.15) is 6.42 Å². The van der Waals surface area contributed by atoms with E-state index < -0.39 is 16.1 Å². The van der Waals surface area contributed by atoms with Gasteiger partial charge in [-0.3, -0.25) is 0 Å². The molecule has 2 heterocycles. The zero-order chi connectivity index (χ0) is 11.8. The number of amides is 2. The number of fused-ring (bicyclic) bond motifs is 1. The van der Waals surface area contributed by atoms with E-state index in [1.807, 2.05) is 0 Å². The highest BCUT2D eigenvalue weighted by Crippen LogP contribution is 2.32. The van der Waals surface area contributed by atoms with E-state index in [4.69, 9.17) is 0 Å². The maximum Gasteiger partial charge on any atom is 0.335 e. The summed E-state index contributed by atoms with van der Waals surface area (Å²) in [6, 6.07) is -0.577. The van der Waals surface area contributed by atoms with Gasteiger partial charge in [0.25, 0.3) is 10.0 Å². The molecule has 0 unspecified atom stereocenters. The van der Waals surface area contributed by atoms with Crippen molar-refractivity contribution < 1.29 is 13.2 Å². The summed E-state index contributed by atoms with van der Waals surface area (Å²) < 4.78 is 25.0.